The third-order valence-electron chi connectivity index (χ3n) is 1.90. The smallest absolute Gasteiger partial charge is 0.518 e. The summed E-state index contributed by atoms with van der Waals surface area (Å²) in [5, 5.41) is 0. The van der Waals surface area contributed by atoms with Gasteiger partial charge < -0.3 is 6.58 Å². The standard InChI is InChI=1S/C6H11.2C5H5.ClH.Zr/c1-3-5-6-4-2;2*1-2-4-5-3-1;;/h1,3H,4-6H2,2H3;2*1-3H,4H2;1H;/q3*-1;;+3. The van der Waals surface area contributed by atoms with E-state index in [0.29, 0.717) is 0 Å². The quantitative estimate of drug-likeness (QED) is 0.489. The molecule has 0 fully saturated rings. The van der Waals surface area contributed by atoms with E-state index in [4.69, 9.17) is 6.58 Å². The summed E-state index contributed by atoms with van der Waals surface area (Å²) < 4.78 is 0. The van der Waals surface area contributed by atoms with Crippen LogP contribution in [0.15, 0.2) is 42.5 Å². The van der Waals surface area contributed by atoms with Crippen molar-refractivity contribution in [2.45, 2.75) is 39.0 Å². The van der Waals surface area contributed by atoms with Gasteiger partial charge in [-0.3, -0.25) is 18.2 Å². The van der Waals surface area contributed by atoms with Crippen molar-refractivity contribution in [3.8, 4) is 0 Å². The summed E-state index contributed by atoms with van der Waals surface area (Å²) in [5.74, 6) is 0. The minimum Gasteiger partial charge on any atom is -0.518 e. The Balaban J connectivity index is -0.000000178. The zero-order chi connectivity index (χ0) is 11.9. The number of hydrogen-bond donors (Lipinski definition) is 0. The van der Waals surface area contributed by atoms with E-state index in [1.54, 1.807) is 6.08 Å². The van der Waals surface area contributed by atoms with Gasteiger partial charge in [-0.2, -0.15) is 12.2 Å². The van der Waals surface area contributed by atoms with Gasteiger partial charge in [0.15, 0.2) is 0 Å². The first kappa shape index (κ1) is 23.0. The Morgan fingerprint density at radius 3 is 1.72 bits per heavy atom. The predicted molar refractivity (Wildman–Crippen MR) is 78.8 cm³/mol. The summed E-state index contributed by atoms with van der Waals surface area (Å²) in [5.41, 5.74) is 0. The maximum atomic E-state index is 5.09. The molecule has 2 rings (SSSR count). The zero-order valence-electron chi connectivity index (χ0n) is 11.1. The predicted octanol–water partition coefficient (Wildman–Crippen LogP) is 5.20. The molecule has 0 amide bonds. The molecule has 0 spiro atoms. The van der Waals surface area contributed by atoms with Crippen LogP contribution in [0.4, 0.5) is 0 Å². The topological polar surface area (TPSA) is 0 Å². The fourth-order valence-electron chi connectivity index (χ4n) is 1.00. The number of rotatable bonds is 3. The van der Waals surface area contributed by atoms with E-state index in [0.717, 1.165) is 19.3 Å². The second kappa shape index (κ2) is 22.1. The average Bonchev–Trinajstić information content (AvgIpc) is 3.00. The second-order valence-corrected chi connectivity index (χ2v) is 3.38. The number of hydrogen-bond acceptors (Lipinski definition) is 0. The fourth-order valence-corrected chi connectivity index (χ4v) is 1.00. The van der Waals surface area contributed by atoms with Crippen molar-refractivity contribution >= 4 is 12.4 Å². The van der Waals surface area contributed by atoms with E-state index >= 15 is 0 Å². The van der Waals surface area contributed by atoms with E-state index in [1.165, 1.54) is 12.8 Å². The van der Waals surface area contributed by atoms with Gasteiger partial charge in [0.05, 0.1) is 0 Å². The van der Waals surface area contributed by atoms with E-state index in [2.05, 4.69) is 31.2 Å². The van der Waals surface area contributed by atoms with Gasteiger partial charge >= 0.3 is 26.2 Å². The molecule has 0 bridgehead atoms. The Kier molecular flexibility index (Phi) is 28.2. The van der Waals surface area contributed by atoms with Crippen molar-refractivity contribution in [1.82, 2.24) is 0 Å². The third kappa shape index (κ3) is 21.2. The van der Waals surface area contributed by atoms with Gasteiger partial charge in [-0.15, -0.1) is 25.2 Å². The average molecular weight is 341 g/mol. The van der Waals surface area contributed by atoms with E-state index in [9.17, 15) is 0 Å². The summed E-state index contributed by atoms with van der Waals surface area (Å²) in [4.78, 5) is 0. The summed E-state index contributed by atoms with van der Waals surface area (Å²) in [6.07, 6.45) is 25.3. The van der Waals surface area contributed by atoms with Gasteiger partial charge in [0, 0.05) is 0 Å². The summed E-state index contributed by atoms with van der Waals surface area (Å²) in [7, 11) is 0. The Labute approximate surface area is 138 Å². The van der Waals surface area contributed by atoms with Crippen LogP contribution in [-0.4, -0.2) is 0 Å². The molecule has 97 valence electrons. The first-order chi connectivity index (χ1) is 7.91. The monoisotopic (exact) mass is 339 g/mol. The molecule has 2 aliphatic rings. The number of halogens is 1. The van der Waals surface area contributed by atoms with E-state index in [-0.39, 0.29) is 38.6 Å². The molecule has 0 nitrogen and oxygen atoms in total. The minimum absolute atomic E-state index is 0. The molecule has 0 aliphatic heterocycles. The van der Waals surface area contributed by atoms with Crippen LogP contribution in [0, 0.1) is 18.7 Å². The number of allylic oxidation sites excluding steroid dienone is 9. The van der Waals surface area contributed by atoms with Crippen LogP contribution in [0.3, 0.4) is 0 Å². The molecule has 0 aromatic rings. The molecule has 1 radical (unpaired) electrons. The van der Waals surface area contributed by atoms with Crippen LogP contribution in [0.25, 0.3) is 0 Å². The SMILES string of the molecule is Cl.[C-]1=CC=CC1.[C-]1=CC=CC1.[CH-]=CCCCC.[Zr+3]. The van der Waals surface area contributed by atoms with Crippen molar-refractivity contribution in [2.75, 3.05) is 0 Å². The van der Waals surface area contributed by atoms with Crippen LogP contribution < -0.4 is 0 Å². The van der Waals surface area contributed by atoms with E-state index < -0.39 is 0 Å². The number of unbranched alkanes of at least 4 members (excludes halogenated alkanes) is 2. The molecular formula is C16H22ClZr. The third-order valence-corrected chi connectivity index (χ3v) is 1.90. The molecule has 0 aromatic carbocycles. The van der Waals surface area contributed by atoms with Crippen molar-refractivity contribution in [3.63, 3.8) is 0 Å². The molecule has 2 aliphatic carbocycles. The summed E-state index contributed by atoms with van der Waals surface area (Å²) >= 11 is 0. The molecule has 0 aromatic heterocycles. The second-order valence-electron chi connectivity index (χ2n) is 3.38. The van der Waals surface area contributed by atoms with Crippen LogP contribution in [0.1, 0.15) is 39.0 Å². The van der Waals surface area contributed by atoms with Crippen LogP contribution in [0.2, 0.25) is 0 Å². The van der Waals surface area contributed by atoms with Crippen molar-refractivity contribution < 1.29 is 26.2 Å². The minimum atomic E-state index is 0. The van der Waals surface area contributed by atoms with Gasteiger partial charge in [-0.05, 0) is 0 Å². The molecule has 2 heteroatoms. The molecule has 0 heterocycles. The Morgan fingerprint density at radius 1 is 1.11 bits per heavy atom. The van der Waals surface area contributed by atoms with Crippen LogP contribution in [-0.2, 0) is 26.2 Å². The molecule has 0 N–H and O–H groups in total. The van der Waals surface area contributed by atoms with E-state index in [1.807, 2.05) is 24.3 Å². The Bertz CT molecular complexity index is 220. The molecule has 0 unspecified atom stereocenters. The molecule has 0 atom stereocenters. The largest absolute Gasteiger partial charge is 3.00 e. The summed E-state index contributed by atoms with van der Waals surface area (Å²) in [6.45, 7) is 7.25. The molecule has 0 saturated carbocycles. The van der Waals surface area contributed by atoms with Gasteiger partial charge in [0.1, 0.15) is 0 Å². The van der Waals surface area contributed by atoms with Gasteiger partial charge in [-0.1, -0.05) is 26.2 Å². The van der Waals surface area contributed by atoms with Crippen LogP contribution in [0.5, 0.6) is 0 Å². The Morgan fingerprint density at radius 2 is 1.61 bits per heavy atom. The maximum absolute atomic E-state index is 5.09. The maximum Gasteiger partial charge on any atom is 3.00 e. The van der Waals surface area contributed by atoms with Crippen molar-refractivity contribution in [2.24, 2.45) is 0 Å². The van der Waals surface area contributed by atoms with Crippen LogP contribution >= 0.6 is 12.4 Å². The Hall–Kier alpha value is -0.127. The van der Waals surface area contributed by atoms with Crippen molar-refractivity contribution in [3.05, 3.63) is 61.3 Å². The summed E-state index contributed by atoms with van der Waals surface area (Å²) in [6, 6.07) is 0. The zero-order valence-corrected chi connectivity index (χ0v) is 14.3. The first-order valence-corrected chi connectivity index (χ1v) is 5.88. The van der Waals surface area contributed by atoms with Crippen molar-refractivity contribution in [1.29, 1.82) is 0 Å². The normalized spacial score (nSPS) is 12.5. The van der Waals surface area contributed by atoms with Gasteiger partial charge in [0.25, 0.3) is 0 Å². The molecule has 18 heavy (non-hydrogen) atoms. The fraction of sp³-hybridized carbons (Fsp3) is 0.375. The van der Waals surface area contributed by atoms with Gasteiger partial charge in [0.2, 0.25) is 0 Å². The molecular weight excluding hydrogens is 319 g/mol. The first-order valence-electron chi connectivity index (χ1n) is 5.88. The van der Waals surface area contributed by atoms with Gasteiger partial charge in [-0.25, -0.2) is 24.3 Å². The molecule has 0 saturated heterocycles.